The fraction of sp³-hybridized carbons (Fsp3) is 0.917. The van der Waals surface area contributed by atoms with Crippen molar-refractivity contribution < 1.29 is 14.6 Å². The van der Waals surface area contributed by atoms with Gasteiger partial charge in [0.2, 0.25) is 5.91 Å². The SMILES string of the molecule is CC(OCC1CC1)C(=O)NCC1(CO)CC1. The van der Waals surface area contributed by atoms with Gasteiger partial charge in [0.25, 0.3) is 0 Å². The molecule has 0 aromatic carbocycles. The van der Waals surface area contributed by atoms with Crippen LogP contribution < -0.4 is 5.32 Å². The highest BCUT2D eigenvalue weighted by Gasteiger charge is 2.42. The highest BCUT2D eigenvalue weighted by Crippen LogP contribution is 2.44. The molecule has 1 amide bonds. The van der Waals surface area contributed by atoms with Gasteiger partial charge >= 0.3 is 0 Å². The van der Waals surface area contributed by atoms with Crippen molar-refractivity contribution in [1.29, 1.82) is 0 Å². The summed E-state index contributed by atoms with van der Waals surface area (Å²) in [7, 11) is 0. The largest absolute Gasteiger partial charge is 0.396 e. The van der Waals surface area contributed by atoms with Crippen molar-refractivity contribution >= 4 is 5.91 Å². The van der Waals surface area contributed by atoms with Crippen LogP contribution in [0.25, 0.3) is 0 Å². The molecule has 0 bridgehead atoms. The number of aliphatic hydroxyl groups is 1. The van der Waals surface area contributed by atoms with E-state index in [2.05, 4.69) is 5.32 Å². The molecule has 0 radical (unpaired) electrons. The Morgan fingerprint density at radius 2 is 2.25 bits per heavy atom. The predicted molar refractivity (Wildman–Crippen MR) is 59.9 cm³/mol. The zero-order valence-electron chi connectivity index (χ0n) is 9.87. The van der Waals surface area contributed by atoms with Crippen LogP contribution in [0.1, 0.15) is 32.6 Å². The van der Waals surface area contributed by atoms with Crippen molar-refractivity contribution in [3.05, 3.63) is 0 Å². The van der Waals surface area contributed by atoms with Crippen molar-refractivity contribution in [2.75, 3.05) is 19.8 Å². The molecule has 1 atom stereocenters. The Hall–Kier alpha value is -0.610. The van der Waals surface area contributed by atoms with Crippen molar-refractivity contribution in [2.24, 2.45) is 11.3 Å². The van der Waals surface area contributed by atoms with E-state index < -0.39 is 0 Å². The lowest BCUT2D eigenvalue weighted by atomic mass is 10.1. The van der Waals surface area contributed by atoms with E-state index in [1.54, 1.807) is 6.92 Å². The van der Waals surface area contributed by atoms with Crippen molar-refractivity contribution in [1.82, 2.24) is 5.32 Å². The van der Waals surface area contributed by atoms with Gasteiger partial charge in [0.1, 0.15) is 6.10 Å². The van der Waals surface area contributed by atoms with Crippen molar-refractivity contribution in [2.45, 2.75) is 38.7 Å². The number of amides is 1. The van der Waals surface area contributed by atoms with Gasteiger partial charge in [0.15, 0.2) is 0 Å². The molecular formula is C12H21NO3. The molecule has 2 aliphatic rings. The number of hydrogen-bond donors (Lipinski definition) is 2. The van der Waals surface area contributed by atoms with Crippen LogP contribution in [0.3, 0.4) is 0 Å². The number of hydrogen-bond acceptors (Lipinski definition) is 3. The smallest absolute Gasteiger partial charge is 0.248 e. The third-order valence-corrected chi connectivity index (χ3v) is 3.58. The van der Waals surface area contributed by atoms with E-state index in [0.29, 0.717) is 19.1 Å². The minimum absolute atomic E-state index is 0.0220. The Labute approximate surface area is 96.4 Å². The lowest BCUT2D eigenvalue weighted by Crippen LogP contribution is -2.39. The molecule has 2 rings (SSSR count). The van der Waals surface area contributed by atoms with E-state index in [0.717, 1.165) is 12.8 Å². The van der Waals surface area contributed by atoms with E-state index in [4.69, 9.17) is 9.84 Å². The third kappa shape index (κ3) is 3.19. The quantitative estimate of drug-likeness (QED) is 0.673. The van der Waals surface area contributed by atoms with Crippen LogP contribution in [0.15, 0.2) is 0 Å². The van der Waals surface area contributed by atoms with E-state index in [1.807, 2.05) is 0 Å². The second-order valence-electron chi connectivity index (χ2n) is 5.29. The van der Waals surface area contributed by atoms with Crippen LogP contribution in [0.4, 0.5) is 0 Å². The third-order valence-electron chi connectivity index (χ3n) is 3.58. The number of carbonyl (C=O) groups is 1. The zero-order valence-corrected chi connectivity index (χ0v) is 9.87. The summed E-state index contributed by atoms with van der Waals surface area (Å²) in [5.74, 6) is 0.628. The number of carbonyl (C=O) groups excluding carboxylic acids is 1. The molecule has 92 valence electrons. The van der Waals surface area contributed by atoms with Crippen LogP contribution in [0.2, 0.25) is 0 Å². The first-order valence-corrected chi connectivity index (χ1v) is 6.15. The lowest BCUT2D eigenvalue weighted by molar-refractivity contribution is -0.132. The van der Waals surface area contributed by atoms with Crippen molar-refractivity contribution in [3.63, 3.8) is 0 Å². The molecule has 0 aromatic rings. The Bertz CT molecular complexity index is 259. The molecule has 2 saturated carbocycles. The number of nitrogens with one attached hydrogen (secondary N) is 1. The summed E-state index contributed by atoms with van der Waals surface area (Å²) in [5.41, 5.74) is -0.0220. The van der Waals surface area contributed by atoms with Gasteiger partial charge in [0, 0.05) is 12.0 Å². The van der Waals surface area contributed by atoms with Gasteiger partial charge < -0.3 is 15.2 Å². The molecule has 4 nitrogen and oxygen atoms in total. The van der Waals surface area contributed by atoms with Gasteiger partial charge in [-0.05, 0) is 38.5 Å². The van der Waals surface area contributed by atoms with Gasteiger partial charge in [-0.15, -0.1) is 0 Å². The number of ether oxygens (including phenoxy) is 1. The molecule has 2 aliphatic carbocycles. The summed E-state index contributed by atoms with van der Waals surface area (Å²) in [4.78, 5) is 11.6. The molecule has 2 N–H and O–H groups in total. The van der Waals surface area contributed by atoms with Crippen LogP contribution in [-0.4, -0.2) is 36.9 Å². The van der Waals surface area contributed by atoms with Gasteiger partial charge in [-0.25, -0.2) is 0 Å². The molecule has 2 fully saturated rings. The van der Waals surface area contributed by atoms with Crippen molar-refractivity contribution in [3.8, 4) is 0 Å². The Morgan fingerprint density at radius 3 is 2.75 bits per heavy atom. The molecule has 4 heteroatoms. The molecule has 0 aliphatic heterocycles. The highest BCUT2D eigenvalue weighted by atomic mass is 16.5. The fourth-order valence-electron chi connectivity index (χ4n) is 1.63. The average Bonchev–Trinajstić information content (AvgIpc) is 3.17. The minimum Gasteiger partial charge on any atom is -0.396 e. The Balaban J connectivity index is 1.62. The van der Waals surface area contributed by atoms with Crippen LogP contribution >= 0.6 is 0 Å². The van der Waals surface area contributed by atoms with Gasteiger partial charge in [-0.3, -0.25) is 4.79 Å². The van der Waals surface area contributed by atoms with Crippen LogP contribution in [0, 0.1) is 11.3 Å². The summed E-state index contributed by atoms with van der Waals surface area (Å²) in [5, 5.41) is 12.0. The first-order valence-electron chi connectivity index (χ1n) is 6.15. The first-order chi connectivity index (χ1) is 7.65. The summed E-state index contributed by atoms with van der Waals surface area (Å²) in [6.07, 6.45) is 4.14. The monoisotopic (exact) mass is 227 g/mol. The molecular weight excluding hydrogens is 206 g/mol. The van der Waals surface area contributed by atoms with Crippen LogP contribution in [-0.2, 0) is 9.53 Å². The Morgan fingerprint density at radius 1 is 1.56 bits per heavy atom. The predicted octanol–water partition coefficient (Wildman–Crippen LogP) is 0.690. The molecule has 0 heterocycles. The lowest BCUT2D eigenvalue weighted by Gasteiger charge is -2.16. The summed E-state index contributed by atoms with van der Waals surface area (Å²) < 4.78 is 5.47. The molecule has 0 saturated heterocycles. The number of aliphatic hydroxyl groups excluding tert-OH is 1. The molecule has 1 unspecified atom stereocenters. The summed E-state index contributed by atoms with van der Waals surface area (Å²) in [6, 6.07) is 0. The van der Waals surface area contributed by atoms with Gasteiger partial charge in [0.05, 0.1) is 13.2 Å². The molecule has 16 heavy (non-hydrogen) atoms. The van der Waals surface area contributed by atoms with E-state index in [9.17, 15) is 4.79 Å². The standard InChI is InChI=1S/C12H21NO3/c1-9(16-6-10-2-3-10)11(15)13-7-12(8-14)4-5-12/h9-10,14H,2-8H2,1H3,(H,13,15). The van der Waals surface area contributed by atoms with E-state index in [1.165, 1.54) is 12.8 Å². The topological polar surface area (TPSA) is 58.6 Å². The maximum atomic E-state index is 11.6. The zero-order chi connectivity index (χ0) is 11.6. The number of rotatable bonds is 7. The molecule has 0 aromatic heterocycles. The van der Waals surface area contributed by atoms with E-state index in [-0.39, 0.29) is 24.0 Å². The summed E-state index contributed by atoms with van der Waals surface area (Å²) >= 11 is 0. The second kappa shape index (κ2) is 4.72. The summed E-state index contributed by atoms with van der Waals surface area (Å²) in [6.45, 7) is 3.25. The van der Waals surface area contributed by atoms with Gasteiger partial charge in [-0.1, -0.05) is 0 Å². The van der Waals surface area contributed by atoms with Crippen LogP contribution in [0.5, 0.6) is 0 Å². The average molecular weight is 227 g/mol. The highest BCUT2D eigenvalue weighted by molar-refractivity contribution is 5.80. The minimum atomic E-state index is -0.366. The fourth-order valence-corrected chi connectivity index (χ4v) is 1.63. The first kappa shape index (κ1) is 11.9. The maximum absolute atomic E-state index is 11.6. The second-order valence-corrected chi connectivity index (χ2v) is 5.29. The maximum Gasteiger partial charge on any atom is 0.248 e. The molecule has 0 spiro atoms. The van der Waals surface area contributed by atoms with Gasteiger partial charge in [-0.2, -0.15) is 0 Å². The van der Waals surface area contributed by atoms with E-state index >= 15 is 0 Å². The Kier molecular flexibility index (Phi) is 3.50. The normalized spacial score (nSPS) is 23.9.